The molecule has 2 aliphatic rings. The zero-order valence-corrected chi connectivity index (χ0v) is 22.9. The number of hydrogen-bond acceptors (Lipinski definition) is 6. The van der Waals surface area contributed by atoms with Crippen LogP contribution in [0.2, 0.25) is 0 Å². The molecule has 0 bridgehead atoms. The molecular weight excluding hydrogens is 510 g/mol. The number of aryl methyl sites for hydroxylation is 1. The Kier molecular flexibility index (Phi) is 6.95. The minimum atomic E-state index is -0.163. The first kappa shape index (κ1) is 25.4. The van der Waals surface area contributed by atoms with Crippen LogP contribution in [0.25, 0.3) is 0 Å². The van der Waals surface area contributed by atoms with Crippen molar-refractivity contribution in [3.05, 3.63) is 105 Å². The van der Waals surface area contributed by atoms with Crippen LogP contribution in [0.4, 0.5) is 0 Å². The Labute approximate surface area is 232 Å². The lowest BCUT2D eigenvalue weighted by Crippen LogP contribution is -2.41. The van der Waals surface area contributed by atoms with Crippen LogP contribution in [0.15, 0.2) is 70.7 Å². The maximum absolute atomic E-state index is 13.3. The zero-order valence-electron chi connectivity index (χ0n) is 22.1. The highest BCUT2D eigenvalue weighted by Crippen LogP contribution is 2.41. The Balaban J connectivity index is 1.19. The van der Waals surface area contributed by atoms with Gasteiger partial charge in [0.2, 0.25) is 5.91 Å². The van der Waals surface area contributed by atoms with E-state index in [0.717, 1.165) is 53.5 Å². The molecule has 6 rings (SSSR count). The molecule has 2 amide bonds. The highest BCUT2D eigenvalue weighted by Gasteiger charge is 2.39. The molecule has 1 aliphatic heterocycles. The molecule has 8 heteroatoms. The second kappa shape index (κ2) is 10.7. The monoisotopic (exact) mass is 541 g/mol. The van der Waals surface area contributed by atoms with Gasteiger partial charge in [-0.25, -0.2) is 4.98 Å². The number of hydrogen-bond donors (Lipinski definition) is 0. The summed E-state index contributed by atoms with van der Waals surface area (Å²) in [6.07, 6.45) is 4.41. The van der Waals surface area contributed by atoms with E-state index in [0.29, 0.717) is 12.2 Å². The highest BCUT2D eigenvalue weighted by molar-refractivity contribution is 7.09. The van der Waals surface area contributed by atoms with Crippen molar-refractivity contribution in [3.63, 3.8) is 0 Å². The lowest BCUT2D eigenvalue weighted by molar-refractivity contribution is -0.134. The van der Waals surface area contributed by atoms with Gasteiger partial charge in [0.15, 0.2) is 0 Å². The third-order valence-electron chi connectivity index (χ3n) is 7.37. The van der Waals surface area contributed by atoms with Crippen molar-refractivity contribution in [3.8, 4) is 5.75 Å². The molecule has 4 aromatic rings. The molecule has 1 aliphatic carbocycles. The molecule has 2 aromatic heterocycles. The van der Waals surface area contributed by atoms with Crippen molar-refractivity contribution in [2.45, 2.75) is 45.4 Å². The van der Waals surface area contributed by atoms with Crippen molar-refractivity contribution in [2.24, 2.45) is 5.92 Å². The first-order chi connectivity index (χ1) is 19.0. The summed E-state index contributed by atoms with van der Waals surface area (Å²) in [4.78, 5) is 34.3. The maximum atomic E-state index is 13.3. The van der Waals surface area contributed by atoms with Crippen molar-refractivity contribution in [2.75, 3.05) is 13.6 Å². The number of furan rings is 1. The number of nitrogens with zero attached hydrogens (tertiary/aromatic N) is 3. The molecule has 0 saturated heterocycles. The fraction of sp³-hybridized carbons (Fsp3) is 0.323. The predicted octanol–water partition coefficient (Wildman–Crippen LogP) is 5.78. The maximum Gasteiger partial charge on any atom is 0.273 e. The molecule has 7 nitrogen and oxygen atoms in total. The van der Waals surface area contributed by atoms with E-state index in [4.69, 9.17) is 9.15 Å². The van der Waals surface area contributed by atoms with Crippen molar-refractivity contribution in [1.29, 1.82) is 0 Å². The van der Waals surface area contributed by atoms with Crippen LogP contribution in [-0.2, 0) is 24.4 Å². The van der Waals surface area contributed by atoms with Gasteiger partial charge in [-0.3, -0.25) is 9.59 Å². The molecule has 3 heterocycles. The van der Waals surface area contributed by atoms with Gasteiger partial charge >= 0.3 is 0 Å². The third-order valence-corrected chi connectivity index (χ3v) is 8.19. The summed E-state index contributed by atoms with van der Waals surface area (Å²) in [5.41, 5.74) is 5.06. The van der Waals surface area contributed by atoms with E-state index >= 15 is 0 Å². The molecule has 0 spiro atoms. The fourth-order valence-corrected chi connectivity index (χ4v) is 5.89. The van der Waals surface area contributed by atoms with Gasteiger partial charge in [0.1, 0.15) is 28.8 Å². The molecule has 0 unspecified atom stereocenters. The molecular formula is C31H31N3O4S. The normalized spacial score (nSPS) is 16.6. The number of amides is 2. The summed E-state index contributed by atoms with van der Waals surface area (Å²) in [6, 6.07) is 18.1. The molecule has 1 fully saturated rings. The summed E-state index contributed by atoms with van der Waals surface area (Å²) in [6.45, 7) is 3.46. The molecule has 39 heavy (non-hydrogen) atoms. The first-order valence-corrected chi connectivity index (χ1v) is 14.2. The SMILES string of the molecule is Cc1cccc([C@H]2c3cc(OCc4nc(C(=O)N(C)Cc5ccco5)cs4)ccc3CCN2C(=O)C2CC2)c1. The molecule has 2 aromatic carbocycles. The largest absolute Gasteiger partial charge is 0.486 e. The van der Waals surface area contributed by atoms with Crippen LogP contribution in [0.3, 0.4) is 0 Å². The van der Waals surface area contributed by atoms with Crippen LogP contribution in [-0.4, -0.2) is 40.2 Å². The molecule has 200 valence electrons. The van der Waals surface area contributed by atoms with Gasteiger partial charge < -0.3 is 19.0 Å². The third kappa shape index (κ3) is 5.47. The minimum Gasteiger partial charge on any atom is -0.486 e. The fourth-order valence-electron chi connectivity index (χ4n) is 5.21. The average Bonchev–Trinajstić information content (AvgIpc) is 3.46. The second-order valence-corrected chi connectivity index (χ2v) is 11.3. The Morgan fingerprint density at radius 1 is 1.15 bits per heavy atom. The Bertz CT molecular complexity index is 1490. The summed E-state index contributed by atoms with van der Waals surface area (Å²) >= 11 is 1.40. The van der Waals surface area contributed by atoms with Gasteiger partial charge in [-0.05, 0) is 67.1 Å². The van der Waals surface area contributed by atoms with E-state index in [1.54, 1.807) is 29.7 Å². The first-order valence-electron chi connectivity index (χ1n) is 13.3. The number of ether oxygens (including phenoxy) is 1. The Morgan fingerprint density at radius 3 is 2.79 bits per heavy atom. The Morgan fingerprint density at radius 2 is 2.03 bits per heavy atom. The molecule has 1 atom stereocenters. The van der Waals surface area contributed by atoms with Gasteiger partial charge in [-0.15, -0.1) is 11.3 Å². The second-order valence-electron chi connectivity index (χ2n) is 10.4. The number of benzene rings is 2. The quantitative estimate of drug-likeness (QED) is 0.283. The van der Waals surface area contributed by atoms with E-state index in [9.17, 15) is 9.59 Å². The predicted molar refractivity (Wildman–Crippen MR) is 149 cm³/mol. The minimum absolute atomic E-state index is 0.126. The summed E-state index contributed by atoms with van der Waals surface area (Å²) in [7, 11) is 1.73. The molecule has 0 N–H and O–H groups in total. The van der Waals surface area contributed by atoms with Gasteiger partial charge in [-0.2, -0.15) is 0 Å². The van der Waals surface area contributed by atoms with Gasteiger partial charge in [-0.1, -0.05) is 35.9 Å². The van der Waals surface area contributed by atoms with E-state index in [-0.39, 0.29) is 30.4 Å². The number of carbonyl (C=O) groups is 2. The smallest absolute Gasteiger partial charge is 0.273 e. The van der Waals surface area contributed by atoms with Gasteiger partial charge in [0.25, 0.3) is 5.91 Å². The Hall–Kier alpha value is -3.91. The van der Waals surface area contributed by atoms with Crippen LogP contribution in [0, 0.1) is 12.8 Å². The van der Waals surface area contributed by atoms with Crippen LogP contribution in [0.1, 0.15) is 62.4 Å². The van der Waals surface area contributed by atoms with Crippen LogP contribution >= 0.6 is 11.3 Å². The number of aromatic nitrogens is 1. The summed E-state index contributed by atoms with van der Waals surface area (Å²) in [5.74, 6) is 1.71. The number of thiazole rings is 1. The van der Waals surface area contributed by atoms with Crippen LogP contribution in [0.5, 0.6) is 5.75 Å². The van der Waals surface area contributed by atoms with Gasteiger partial charge in [0.05, 0.1) is 18.8 Å². The van der Waals surface area contributed by atoms with Gasteiger partial charge in [0, 0.05) is 24.9 Å². The number of carbonyl (C=O) groups excluding carboxylic acids is 2. The summed E-state index contributed by atoms with van der Waals surface area (Å²) in [5, 5.41) is 2.49. The lowest BCUT2D eigenvalue weighted by atomic mass is 9.87. The lowest BCUT2D eigenvalue weighted by Gasteiger charge is -2.38. The van der Waals surface area contributed by atoms with Crippen molar-refractivity contribution >= 4 is 23.2 Å². The highest BCUT2D eigenvalue weighted by atomic mass is 32.1. The molecule has 0 radical (unpaired) electrons. The van der Waals surface area contributed by atoms with Crippen molar-refractivity contribution in [1.82, 2.24) is 14.8 Å². The summed E-state index contributed by atoms with van der Waals surface area (Å²) < 4.78 is 11.5. The van der Waals surface area contributed by atoms with E-state index in [1.165, 1.54) is 22.5 Å². The topological polar surface area (TPSA) is 75.9 Å². The standard InChI is InChI=1S/C31H31N3O4S/c1-20-5-3-6-23(15-20)29-26-16-24(11-10-21(26)12-13-34(29)30(35)22-8-9-22)38-18-28-32-27(19-39-28)31(36)33(2)17-25-7-4-14-37-25/h3-7,10-11,14-16,19,22,29H,8-9,12-13,17-18H2,1-2H3/t29-/m0/s1. The average molecular weight is 542 g/mol. The number of fused-ring (bicyclic) bond motifs is 1. The van der Waals surface area contributed by atoms with E-state index < -0.39 is 0 Å². The van der Waals surface area contributed by atoms with Crippen LogP contribution < -0.4 is 4.74 Å². The van der Waals surface area contributed by atoms with E-state index in [1.807, 2.05) is 12.1 Å². The van der Waals surface area contributed by atoms with E-state index in [2.05, 4.69) is 53.2 Å². The zero-order chi connectivity index (χ0) is 26.9. The molecule has 1 saturated carbocycles. The van der Waals surface area contributed by atoms with Crippen molar-refractivity contribution < 1.29 is 18.7 Å². The number of rotatable bonds is 8.